The van der Waals surface area contributed by atoms with Crippen molar-refractivity contribution in [2.75, 3.05) is 0 Å². The molecule has 0 fully saturated rings. The second-order valence-corrected chi connectivity index (χ2v) is 2.16. The Morgan fingerprint density at radius 1 is 1.36 bits per heavy atom. The molecule has 0 aromatic rings. The van der Waals surface area contributed by atoms with Gasteiger partial charge in [0.15, 0.2) is 0 Å². The van der Waals surface area contributed by atoms with Crippen LogP contribution in [-0.2, 0) is 19.5 Å². The van der Waals surface area contributed by atoms with Crippen LogP contribution in [0.15, 0.2) is 35.4 Å². The molecule has 0 heterocycles. The summed E-state index contributed by atoms with van der Waals surface area (Å²) in [5.74, 6) is 0. The average Bonchev–Trinajstić information content (AvgIpc) is 1.80. The first-order chi connectivity index (χ1) is 4.20. The van der Waals surface area contributed by atoms with Gasteiger partial charge in [0.25, 0.3) is 0 Å². The van der Waals surface area contributed by atoms with E-state index in [-0.39, 0.29) is 36.9 Å². The molecule has 0 unspecified atom stereocenters. The Labute approximate surface area is 89.4 Å². The summed E-state index contributed by atoms with van der Waals surface area (Å²) in [6.45, 7) is 3.57. The van der Waals surface area contributed by atoms with Gasteiger partial charge in [0.05, 0.1) is 5.03 Å². The van der Waals surface area contributed by atoms with E-state index < -0.39 is 6.17 Å². The van der Waals surface area contributed by atoms with E-state index in [1.54, 1.807) is 6.08 Å². The van der Waals surface area contributed by atoms with Crippen molar-refractivity contribution >= 4 is 11.6 Å². The van der Waals surface area contributed by atoms with Crippen LogP contribution in [-0.4, -0.2) is 0 Å². The smallest absolute Gasteiger partial charge is 0.207 e. The van der Waals surface area contributed by atoms with Gasteiger partial charge >= 0.3 is 0 Å². The molecule has 0 saturated carbocycles. The molecule has 11 heavy (non-hydrogen) atoms. The van der Waals surface area contributed by atoms with Crippen molar-refractivity contribution < 1.29 is 36.3 Å². The molecule has 0 aromatic carbocycles. The molecule has 1 aliphatic carbocycles. The molecule has 0 aromatic heterocycles. The molecule has 4 heteroatoms. The molecule has 0 nitrogen and oxygen atoms in total. The fourth-order valence-electron chi connectivity index (χ4n) is 0.540. The Hall–Kier alpha value is 0.353. The first-order valence-electron chi connectivity index (χ1n) is 2.47. The molecule has 1 rings (SSSR count). The van der Waals surface area contributed by atoms with Crippen molar-refractivity contribution in [1.29, 1.82) is 0 Å². The van der Waals surface area contributed by atoms with Crippen LogP contribution in [0, 0.1) is 6.17 Å². The summed E-state index contributed by atoms with van der Waals surface area (Å²) in [6.07, 6.45) is 3.95. The molecule has 0 spiro atoms. The van der Waals surface area contributed by atoms with E-state index in [0.717, 1.165) is 5.57 Å². The van der Waals surface area contributed by atoms with E-state index in [2.05, 4.69) is 6.58 Å². The third-order valence-corrected chi connectivity index (χ3v) is 1.27. The summed E-state index contributed by atoms with van der Waals surface area (Å²) in [4.78, 5) is 0. The molecule has 0 amide bonds. The van der Waals surface area contributed by atoms with Crippen LogP contribution in [0.5, 0.6) is 0 Å². The van der Waals surface area contributed by atoms with Crippen LogP contribution >= 0.6 is 11.6 Å². The number of rotatable bonds is 0. The van der Waals surface area contributed by atoms with E-state index in [0.29, 0.717) is 0 Å². The largest absolute Gasteiger partial charge is 1.00 e. The van der Waals surface area contributed by atoms with Crippen LogP contribution in [0.2, 0.25) is 0 Å². The Balaban J connectivity index is 0. The molecule has 0 aliphatic heterocycles. The van der Waals surface area contributed by atoms with Crippen molar-refractivity contribution in [3.8, 4) is 0 Å². The second kappa shape index (κ2) is 5.94. The number of hydrogen-bond acceptors (Lipinski definition) is 0. The van der Waals surface area contributed by atoms with Gasteiger partial charge in [0, 0.05) is 19.5 Å². The summed E-state index contributed by atoms with van der Waals surface area (Å²) in [5.41, 5.74) is 0.724. The summed E-state index contributed by atoms with van der Waals surface area (Å²) in [5, 5.41) is 0.127. The minimum Gasteiger partial charge on any atom is -1.00 e. The molecule has 57 valence electrons. The normalized spacial score (nSPS) is 16.5. The third-order valence-electron chi connectivity index (χ3n) is 0.984. The molecule has 0 saturated heterocycles. The fourth-order valence-corrected chi connectivity index (χ4v) is 0.743. The Morgan fingerprint density at radius 2 is 1.91 bits per heavy atom. The number of halogens is 3. The zero-order valence-electron chi connectivity index (χ0n) is 5.78. The molecular formula is C7H5Cl2FZn-. The van der Waals surface area contributed by atoms with Crippen molar-refractivity contribution in [3.05, 3.63) is 41.6 Å². The van der Waals surface area contributed by atoms with Gasteiger partial charge in [-0.05, 0) is 17.7 Å². The van der Waals surface area contributed by atoms with Gasteiger partial charge in [0.2, 0.25) is 6.17 Å². The molecule has 1 aliphatic rings. The Morgan fingerprint density at radius 3 is 2.27 bits per heavy atom. The first kappa shape index (κ1) is 13.9. The van der Waals surface area contributed by atoms with Crippen LogP contribution in [0.4, 0.5) is 4.39 Å². The maximum atomic E-state index is 12.3. The molecule has 1 radical (unpaired) electrons. The van der Waals surface area contributed by atoms with Crippen LogP contribution in [0.3, 0.4) is 0 Å². The molecule has 0 atom stereocenters. The van der Waals surface area contributed by atoms with Gasteiger partial charge in [0.1, 0.15) is 0 Å². The predicted molar refractivity (Wildman–Crippen MR) is 36.6 cm³/mol. The Bertz CT molecular complexity index is 199. The van der Waals surface area contributed by atoms with Gasteiger partial charge in [-0.3, -0.25) is 0 Å². The quantitative estimate of drug-likeness (QED) is 0.515. The molecule has 0 bridgehead atoms. The zero-order chi connectivity index (χ0) is 6.85. The molecule has 0 N–H and O–H groups in total. The summed E-state index contributed by atoms with van der Waals surface area (Å²) in [6, 6.07) is 0. The van der Waals surface area contributed by atoms with Crippen molar-refractivity contribution in [2.24, 2.45) is 0 Å². The average molecular weight is 244 g/mol. The SMILES string of the molecule is C=C1C=C[C](F)C(Cl)=C1.[Cl-].[Zn]. The fraction of sp³-hybridized carbons (Fsp3) is 0. The summed E-state index contributed by atoms with van der Waals surface area (Å²) >= 11 is 5.40. The topological polar surface area (TPSA) is 0 Å². The monoisotopic (exact) mass is 242 g/mol. The zero-order valence-corrected chi connectivity index (χ0v) is 10.3. The van der Waals surface area contributed by atoms with Gasteiger partial charge in [-0.1, -0.05) is 24.3 Å². The maximum absolute atomic E-state index is 12.3. The summed E-state index contributed by atoms with van der Waals surface area (Å²) in [7, 11) is 0. The van der Waals surface area contributed by atoms with Crippen LogP contribution in [0.1, 0.15) is 0 Å². The predicted octanol–water partition coefficient (Wildman–Crippen LogP) is -0.262. The standard InChI is InChI=1S/C7H5ClF.ClH.Zn/c1-5-2-3-7(9)6(8)4-5;;/h2-4H,1H2;1H;/p-1. The third kappa shape index (κ3) is 4.05. The maximum Gasteiger partial charge on any atom is 0.207 e. The van der Waals surface area contributed by atoms with Crippen LogP contribution in [0.25, 0.3) is 0 Å². The van der Waals surface area contributed by atoms with Crippen molar-refractivity contribution in [1.82, 2.24) is 0 Å². The van der Waals surface area contributed by atoms with Gasteiger partial charge in [-0.25, -0.2) is 4.39 Å². The van der Waals surface area contributed by atoms with Crippen molar-refractivity contribution in [3.63, 3.8) is 0 Å². The second-order valence-electron chi connectivity index (χ2n) is 1.75. The van der Waals surface area contributed by atoms with E-state index in [4.69, 9.17) is 11.6 Å². The van der Waals surface area contributed by atoms with Crippen LogP contribution < -0.4 is 12.4 Å². The van der Waals surface area contributed by atoms with E-state index in [1.165, 1.54) is 12.2 Å². The van der Waals surface area contributed by atoms with Gasteiger partial charge in [-0.15, -0.1) is 0 Å². The molecular weight excluding hydrogens is 239 g/mol. The number of allylic oxidation sites excluding steroid dienone is 5. The Kier molecular flexibility index (Phi) is 7.51. The van der Waals surface area contributed by atoms with Gasteiger partial charge < -0.3 is 12.4 Å². The first-order valence-corrected chi connectivity index (χ1v) is 2.85. The van der Waals surface area contributed by atoms with E-state index in [1.807, 2.05) is 0 Å². The minimum atomic E-state index is -0.399. The number of hydrogen-bond donors (Lipinski definition) is 0. The van der Waals surface area contributed by atoms with Gasteiger partial charge in [-0.2, -0.15) is 0 Å². The van der Waals surface area contributed by atoms with E-state index in [9.17, 15) is 4.39 Å². The van der Waals surface area contributed by atoms with Crippen molar-refractivity contribution in [2.45, 2.75) is 0 Å². The van der Waals surface area contributed by atoms with E-state index >= 15 is 0 Å². The summed E-state index contributed by atoms with van der Waals surface area (Å²) < 4.78 is 12.3. The minimum absolute atomic E-state index is 0.